The normalized spacial score (nSPS) is 10.9. The van der Waals surface area contributed by atoms with Gasteiger partial charge in [0.1, 0.15) is 0 Å². The van der Waals surface area contributed by atoms with E-state index in [4.69, 9.17) is 16.7 Å². The Morgan fingerprint density at radius 3 is 2.75 bits per heavy atom. The minimum atomic E-state index is -0.764. The average Bonchev–Trinajstić information content (AvgIpc) is 2.85. The fourth-order valence-corrected chi connectivity index (χ4v) is 3.32. The topological polar surface area (TPSA) is 40.5 Å². The maximum Gasteiger partial charge on any atom is 0.304 e. The maximum absolute atomic E-state index is 10.5. The van der Waals surface area contributed by atoms with Crippen molar-refractivity contribution in [3.63, 3.8) is 0 Å². The highest BCUT2D eigenvalue weighted by Crippen LogP contribution is 2.33. The Hall–Kier alpha value is -1.36. The molecule has 0 aliphatic carbocycles. The third-order valence-electron chi connectivity index (χ3n) is 2.93. The molecular formula is C15H16ClNO2S. The van der Waals surface area contributed by atoms with Crippen molar-refractivity contribution in [2.24, 2.45) is 0 Å². The second-order valence-corrected chi connectivity index (χ2v) is 6.20. The number of hydrogen-bond acceptors (Lipinski definition) is 3. The van der Waals surface area contributed by atoms with Crippen LogP contribution in [0.2, 0.25) is 5.02 Å². The van der Waals surface area contributed by atoms with Crippen molar-refractivity contribution < 1.29 is 9.90 Å². The maximum atomic E-state index is 10.5. The van der Waals surface area contributed by atoms with E-state index in [2.05, 4.69) is 12.1 Å². The third kappa shape index (κ3) is 4.07. The van der Waals surface area contributed by atoms with Crippen LogP contribution >= 0.6 is 22.9 Å². The minimum Gasteiger partial charge on any atom is -0.481 e. The smallest absolute Gasteiger partial charge is 0.304 e. The van der Waals surface area contributed by atoms with E-state index >= 15 is 0 Å². The molecule has 5 heteroatoms. The first-order chi connectivity index (χ1) is 9.56. The zero-order chi connectivity index (χ0) is 14.5. The zero-order valence-corrected chi connectivity index (χ0v) is 12.7. The molecule has 0 bridgehead atoms. The predicted molar refractivity (Wildman–Crippen MR) is 83.4 cm³/mol. The Labute approximate surface area is 127 Å². The molecule has 0 amide bonds. The summed E-state index contributed by atoms with van der Waals surface area (Å²) in [4.78, 5) is 14.9. The molecule has 1 aromatic heterocycles. The number of carboxylic acid groups (broad SMARTS) is 1. The number of halogens is 1. The number of rotatable bonds is 6. The Kier molecular flexibility index (Phi) is 5.17. The molecule has 0 radical (unpaired) electrons. The predicted octanol–water partition coefficient (Wildman–Crippen LogP) is 3.98. The van der Waals surface area contributed by atoms with E-state index in [9.17, 15) is 4.79 Å². The van der Waals surface area contributed by atoms with Gasteiger partial charge in [-0.25, -0.2) is 0 Å². The van der Waals surface area contributed by atoms with Gasteiger partial charge in [0.15, 0.2) is 0 Å². The summed E-state index contributed by atoms with van der Waals surface area (Å²) < 4.78 is 0. The molecule has 0 saturated heterocycles. The molecule has 0 fully saturated rings. The summed E-state index contributed by atoms with van der Waals surface area (Å²) in [6.45, 7) is 1.30. The van der Waals surface area contributed by atoms with Crippen LogP contribution in [0.15, 0.2) is 36.4 Å². The Morgan fingerprint density at radius 1 is 1.30 bits per heavy atom. The average molecular weight is 310 g/mol. The van der Waals surface area contributed by atoms with Crippen molar-refractivity contribution in [1.29, 1.82) is 0 Å². The zero-order valence-electron chi connectivity index (χ0n) is 11.2. The Morgan fingerprint density at radius 2 is 2.05 bits per heavy atom. The minimum absolute atomic E-state index is 0.166. The lowest BCUT2D eigenvalue weighted by atomic mass is 10.2. The van der Waals surface area contributed by atoms with Crippen LogP contribution in [0.1, 0.15) is 11.3 Å². The summed E-state index contributed by atoms with van der Waals surface area (Å²) in [5.74, 6) is -0.764. The molecule has 2 rings (SSSR count). The van der Waals surface area contributed by atoms with Crippen LogP contribution in [-0.2, 0) is 11.3 Å². The number of hydrogen-bond donors (Lipinski definition) is 1. The first kappa shape index (κ1) is 15.0. The summed E-state index contributed by atoms with van der Waals surface area (Å²) in [5, 5.41) is 9.42. The van der Waals surface area contributed by atoms with E-state index in [0.717, 1.165) is 22.0 Å². The van der Waals surface area contributed by atoms with Gasteiger partial charge < -0.3 is 10.0 Å². The lowest BCUT2D eigenvalue weighted by molar-refractivity contribution is -0.137. The number of nitrogens with zero attached hydrogens (tertiary/aromatic N) is 1. The van der Waals surface area contributed by atoms with Crippen LogP contribution in [0.5, 0.6) is 0 Å². The molecule has 3 nitrogen and oxygen atoms in total. The van der Waals surface area contributed by atoms with Gasteiger partial charge in [-0.15, -0.1) is 11.3 Å². The largest absolute Gasteiger partial charge is 0.481 e. The van der Waals surface area contributed by atoms with Gasteiger partial charge in [-0.3, -0.25) is 4.79 Å². The molecule has 0 aliphatic heterocycles. The van der Waals surface area contributed by atoms with E-state index in [0.29, 0.717) is 6.54 Å². The molecule has 1 heterocycles. The summed E-state index contributed by atoms with van der Waals surface area (Å²) in [6, 6.07) is 11.9. The molecule has 0 unspecified atom stereocenters. The standard InChI is InChI=1S/C15H16ClNO2S/c1-17(9-8-15(18)19)10-11-6-7-14(20-11)12-4-2-3-5-13(12)16/h2-7H,8-10H2,1H3,(H,18,19). The van der Waals surface area contributed by atoms with Gasteiger partial charge in [0, 0.05) is 33.4 Å². The van der Waals surface area contributed by atoms with Gasteiger partial charge in [-0.05, 0) is 25.2 Å². The summed E-state index contributed by atoms with van der Waals surface area (Å²) in [6.07, 6.45) is 0.166. The highest BCUT2D eigenvalue weighted by Gasteiger charge is 2.08. The van der Waals surface area contributed by atoms with E-state index in [-0.39, 0.29) is 6.42 Å². The molecule has 0 spiro atoms. The van der Waals surface area contributed by atoms with E-state index in [1.165, 1.54) is 4.88 Å². The van der Waals surface area contributed by atoms with Crippen molar-refractivity contribution in [3.05, 3.63) is 46.3 Å². The van der Waals surface area contributed by atoms with Gasteiger partial charge in [-0.1, -0.05) is 29.8 Å². The molecule has 106 valence electrons. The van der Waals surface area contributed by atoms with Gasteiger partial charge in [0.25, 0.3) is 0 Å². The number of carbonyl (C=O) groups is 1. The lowest BCUT2D eigenvalue weighted by Crippen LogP contribution is -2.20. The van der Waals surface area contributed by atoms with Crippen LogP contribution < -0.4 is 0 Å². The molecule has 0 aliphatic rings. The van der Waals surface area contributed by atoms with E-state index in [1.54, 1.807) is 11.3 Å². The van der Waals surface area contributed by atoms with Crippen molar-refractivity contribution >= 4 is 28.9 Å². The fourth-order valence-electron chi connectivity index (χ4n) is 1.90. The van der Waals surface area contributed by atoms with E-state index < -0.39 is 5.97 Å². The molecule has 0 saturated carbocycles. The summed E-state index contributed by atoms with van der Waals surface area (Å²) in [5.41, 5.74) is 1.04. The third-order valence-corrected chi connectivity index (χ3v) is 4.37. The molecule has 1 N–H and O–H groups in total. The summed E-state index contributed by atoms with van der Waals surface area (Å²) in [7, 11) is 1.93. The number of thiophene rings is 1. The fraction of sp³-hybridized carbons (Fsp3) is 0.267. The first-order valence-corrected chi connectivity index (χ1v) is 7.49. The van der Waals surface area contributed by atoms with Gasteiger partial charge in [0.2, 0.25) is 0 Å². The first-order valence-electron chi connectivity index (χ1n) is 6.30. The molecular weight excluding hydrogens is 294 g/mol. The van der Waals surface area contributed by atoms with Crippen molar-refractivity contribution in [1.82, 2.24) is 4.90 Å². The van der Waals surface area contributed by atoms with Crippen LogP contribution in [0.3, 0.4) is 0 Å². The monoisotopic (exact) mass is 309 g/mol. The molecule has 1 aromatic carbocycles. The van der Waals surface area contributed by atoms with Crippen molar-refractivity contribution in [3.8, 4) is 10.4 Å². The van der Waals surface area contributed by atoms with Gasteiger partial charge in [0.05, 0.1) is 6.42 Å². The Balaban J connectivity index is 2.02. The van der Waals surface area contributed by atoms with Gasteiger partial charge >= 0.3 is 5.97 Å². The lowest BCUT2D eigenvalue weighted by Gasteiger charge is -2.13. The van der Waals surface area contributed by atoms with Crippen LogP contribution in [0.4, 0.5) is 0 Å². The highest BCUT2D eigenvalue weighted by atomic mass is 35.5. The molecule has 20 heavy (non-hydrogen) atoms. The number of aliphatic carboxylic acids is 1. The SMILES string of the molecule is CN(CCC(=O)O)Cc1ccc(-c2ccccc2Cl)s1. The molecule has 2 aromatic rings. The highest BCUT2D eigenvalue weighted by molar-refractivity contribution is 7.15. The van der Waals surface area contributed by atoms with E-state index in [1.807, 2.05) is 36.2 Å². The van der Waals surface area contributed by atoms with Crippen molar-refractivity contribution in [2.75, 3.05) is 13.6 Å². The van der Waals surface area contributed by atoms with Gasteiger partial charge in [-0.2, -0.15) is 0 Å². The molecule has 0 atom stereocenters. The second kappa shape index (κ2) is 6.88. The van der Waals surface area contributed by atoms with Crippen molar-refractivity contribution in [2.45, 2.75) is 13.0 Å². The van der Waals surface area contributed by atoms with Crippen LogP contribution in [-0.4, -0.2) is 29.6 Å². The number of benzene rings is 1. The second-order valence-electron chi connectivity index (χ2n) is 4.63. The quantitative estimate of drug-likeness (QED) is 0.877. The van der Waals surface area contributed by atoms with Crippen LogP contribution in [0.25, 0.3) is 10.4 Å². The summed E-state index contributed by atoms with van der Waals surface area (Å²) >= 11 is 7.88. The number of carboxylic acids is 1. The Bertz CT molecular complexity index is 597. The van der Waals surface area contributed by atoms with Crippen LogP contribution in [0, 0.1) is 0 Å².